The molecule has 1 N–H and O–H groups in total. The lowest BCUT2D eigenvalue weighted by atomic mass is 10.1. The number of rotatable bonds is 7. The third kappa shape index (κ3) is 4.10. The Morgan fingerprint density at radius 3 is 2.75 bits per heavy atom. The van der Waals surface area contributed by atoms with Crippen LogP contribution in [0.25, 0.3) is 10.2 Å². The number of carbonyl (C=O) groups excluding carboxylic acids is 1. The van der Waals surface area contributed by atoms with Crippen LogP contribution in [0.1, 0.15) is 15.2 Å². The zero-order chi connectivity index (χ0) is 19.5. The quantitative estimate of drug-likeness (QED) is 0.363. The summed E-state index contributed by atoms with van der Waals surface area (Å²) in [5.41, 5.74) is 1.13. The van der Waals surface area contributed by atoms with Gasteiger partial charge in [0.25, 0.3) is 5.19 Å². The van der Waals surface area contributed by atoms with Gasteiger partial charge in [0.2, 0.25) is 0 Å². The molecule has 6 nitrogen and oxygen atoms in total. The molecule has 0 unspecified atom stereocenters. The summed E-state index contributed by atoms with van der Waals surface area (Å²) < 4.78 is 5.64. The SMILES string of the molecule is O=Cc1sc(Oc2ccc(CCNc3ncnc4scc(Cl)c34)cc2)nc1Cl. The molecule has 3 heterocycles. The number of anilines is 1. The third-order valence-corrected chi connectivity index (χ3v) is 6.43. The van der Waals surface area contributed by atoms with E-state index in [-0.39, 0.29) is 5.15 Å². The van der Waals surface area contributed by atoms with Crippen molar-refractivity contribution in [2.75, 3.05) is 11.9 Å². The number of nitrogens with zero attached hydrogens (tertiary/aromatic N) is 3. The van der Waals surface area contributed by atoms with Gasteiger partial charge in [-0.25, -0.2) is 9.97 Å². The number of hydrogen-bond acceptors (Lipinski definition) is 8. The molecule has 3 aromatic heterocycles. The average Bonchev–Trinajstić information content (AvgIpc) is 3.26. The van der Waals surface area contributed by atoms with Crippen molar-refractivity contribution in [1.29, 1.82) is 0 Å². The minimum atomic E-state index is 0.155. The Bertz CT molecular complexity index is 1130. The second-order valence-electron chi connectivity index (χ2n) is 5.66. The Labute approximate surface area is 178 Å². The van der Waals surface area contributed by atoms with Crippen molar-refractivity contribution < 1.29 is 9.53 Å². The zero-order valence-electron chi connectivity index (χ0n) is 14.2. The van der Waals surface area contributed by atoms with Gasteiger partial charge in [-0.3, -0.25) is 4.79 Å². The summed E-state index contributed by atoms with van der Waals surface area (Å²) in [4.78, 5) is 24.6. The van der Waals surface area contributed by atoms with Gasteiger partial charge in [-0.05, 0) is 24.1 Å². The molecule has 0 fully saturated rings. The maximum Gasteiger partial charge on any atom is 0.280 e. The van der Waals surface area contributed by atoms with Crippen LogP contribution in [0.5, 0.6) is 10.9 Å². The molecule has 0 saturated heterocycles. The first-order valence-electron chi connectivity index (χ1n) is 8.14. The molecular weight excluding hydrogens is 439 g/mol. The Morgan fingerprint density at radius 1 is 1.18 bits per heavy atom. The van der Waals surface area contributed by atoms with E-state index in [2.05, 4.69) is 20.3 Å². The first-order chi connectivity index (χ1) is 13.6. The van der Waals surface area contributed by atoms with E-state index in [1.165, 1.54) is 17.7 Å². The second-order valence-corrected chi connectivity index (χ2v) is 8.28. The Morgan fingerprint density at radius 2 is 2.00 bits per heavy atom. The minimum Gasteiger partial charge on any atom is -0.431 e. The van der Waals surface area contributed by atoms with E-state index in [1.54, 1.807) is 0 Å². The number of nitrogens with one attached hydrogen (secondary N) is 1. The van der Waals surface area contributed by atoms with Gasteiger partial charge < -0.3 is 10.1 Å². The molecule has 0 saturated carbocycles. The van der Waals surface area contributed by atoms with Crippen LogP contribution in [0.4, 0.5) is 5.82 Å². The number of fused-ring (bicyclic) bond motifs is 1. The number of benzene rings is 1. The number of hydrogen-bond donors (Lipinski definition) is 1. The molecule has 0 amide bonds. The summed E-state index contributed by atoms with van der Waals surface area (Å²) in [5, 5.41) is 7.18. The Kier molecular flexibility index (Phi) is 5.72. The van der Waals surface area contributed by atoms with Crippen molar-refractivity contribution in [3.63, 3.8) is 0 Å². The van der Waals surface area contributed by atoms with Gasteiger partial charge in [0.15, 0.2) is 11.4 Å². The first-order valence-corrected chi connectivity index (χ1v) is 10.6. The van der Waals surface area contributed by atoms with Crippen LogP contribution in [-0.2, 0) is 6.42 Å². The van der Waals surface area contributed by atoms with E-state index in [4.69, 9.17) is 27.9 Å². The molecule has 4 aromatic rings. The minimum absolute atomic E-state index is 0.155. The van der Waals surface area contributed by atoms with Gasteiger partial charge in [-0.15, -0.1) is 11.3 Å². The first kappa shape index (κ1) is 19.1. The highest BCUT2D eigenvalue weighted by molar-refractivity contribution is 7.17. The monoisotopic (exact) mass is 450 g/mol. The van der Waals surface area contributed by atoms with Crippen molar-refractivity contribution in [3.05, 3.63) is 56.6 Å². The Balaban J connectivity index is 1.36. The summed E-state index contributed by atoms with van der Waals surface area (Å²) in [5.74, 6) is 1.37. The molecule has 4 rings (SSSR count). The zero-order valence-corrected chi connectivity index (χ0v) is 17.3. The highest BCUT2D eigenvalue weighted by Gasteiger charge is 2.11. The second kappa shape index (κ2) is 8.40. The number of aldehydes is 1. The molecule has 142 valence electrons. The fourth-order valence-corrected chi connectivity index (χ4v) is 4.60. The smallest absolute Gasteiger partial charge is 0.280 e. The average molecular weight is 451 g/mol. The van der Waals surface area contributed by atoms with Gasteiger partial charge in [0, 0.05) is 11.9 Å². The molecule has 0 aliphatic heterocycles. The lowest BCUT2D eigenvalue weighted by Crippen LogP contribution is -2.06. The maximum absolute atomic E-state index is 10.8. The molecule has 1 aromatic carbocycles. The summed E-state index contributed by atoms with van der Waals surface area (Å²) in [7, 11) is 0. The highest BCUT2D eigenvalue weighted by atomic mass is 35.5. The van der Waals surface area contributed by atoms with E-state index in [0.717, 1.165) is 39.4 Å². The largest absolute Gasteiger partial charge is 0.431 e. The number of thiazole rings is 1. The number of aromatic nitrogens is 3. The van der Waals surface area contributed by atoms with Gasteiger partial charge in [0.1, 0.15) is 27.6 Å². The number of ether oxygens (including phenoxy) is 1. The lowest BCUT2D eigenvalue weighted by molar-refractivity contribution is 0.112. The highest BCUT2D eigenvalue weighted by Crippen LogP contribution is 2.33. The molecular formula is C18H12Cl2N4O2S2. The van der Waals surface area contributed by atoms with Crippen molar-refractivity contribution in [2.24, 2.45) is 0 Å². The van der Waals surface area contributed by atoms with Crippen LogP contribution in [0, 0.1) is 0 Å². The van der Waals surface area contributed by atoms with Crippen LogP contribution >= 0.6 is 45.9 Å². The predicted octanol–water partition coefficient (Wildman–Crippen LogP) is 5.71. The van der Waals surface area contributed by atoms with Gasteiger partial charge in [-0.2, -0.15) is 4.98 Å². The summed E-state index contributed by atoms with van der Waals surface area (Å²) in [6.45, 7) is 0.698. The molecule has 0 aliphatic rings. The van der Waals surface area contributed by atoms with Crippen LogP contribution in [0.15, 0.2) is 36.0 Å². The predicted molar refractivity (Wildman–Crippen MR) is 114 cm³/mol. The summed E-state index contributed by atoms with van der Waals surface area (Å²) >= 11 is 14.7. The van der Waals surface area contributed by atoms with E-state index < -0.39 is 0 Å². The number of carbonyl (C=O) groups is 1. The third-order valence-electron chi connectivity index (χ3n) is 3.86. The van der Waals surface area contributed by atoms with Gasteiger partial charge in [0.05, 0.1) is 10.4 Å². The normalized spacial score (nSPS) is 10.9. The molecule has 28 heavy (non-hydrogen) atoms. The van der Waals surface area contributed by atoms with Crippen LogP contribution in [0.2, 0.25) is 10.2 Å². The fraction of sp³-hybridized carbons (Fsp3) is 0.111. The van der Waals surface area contributed by atoms with Crippen molar-refractivity contribution >= 4 is 68.2 Å². The van der Waals surface area contributed by atoms with Crippen molar-refractivity contribution in [3.8, 4) is 10.9 Å². The molecule has 0 atom stereocenters. The summed E-state index contributed by atoms with van der Waals surface area (Å²) in [6, 6.07) is 7.65. The van der Waals surface area contributed by atoms with E-state index in [1.807, 2.05) is 29.6 Å². The van der Waals surface area contributed by atoms with Crippen molar-refractivity contribution in [2.45, 2.75) is 6.42 Å². The molecule has 0 aliphatic carbocycles. The molecule has 0 radical (unpaired) electrons. The van der Waals surface area contributed by atoms with E-state index in [0.29, 0.717) is 33.7 Å². The van der Waals surface area contributed by atoms with Crippen LogP contribution < -0.4 is 10.1 Å². The topological polar surface area (TPSA) is 77.0 Å². The van der Waals surface area contributed by atoms with E-state index >= 15 is 0 Å². The Hall–Kier alpha value is -2.26. The van der Waals surface area contributed by atoms with Crippen LogP contribution in [0.3, 0.4) is 0 Å². The summed E-state index contributed by atoms with van der Waals surface area (Å²) in [6.07, 6.45) is 2.99. The molecule has 0 bridgehead atoms. The molecule has 0 spiro atoms. The molecule has 10 heteroatoms. The lowest BCUT2D eigenvalue weighted by Gasteiger charge is -2.08. The van der Waals surface area contributed by atoms with E-state index in [9.17, 15) is 4.79 Å². The van der Waals surface area contributed by atoms with Gasteiger partial charge >= 0.3 is 0 Å². The maximum atomic E-state index is 10.8. The van der Waals surface area contributed by atoms with Gasteiger partial charge in [-0.1, -0.05) is 46.7 Å². The number of thiophene rings is 1. The van der Waals surface area contributed by atoms with Crippen molar-refractivity contribution in [1.82, 2.24) is 15.0 Å². The standard InChI is InChI=1S/C18H12Cl2N4O2S2/c19-12-8-27-17-14(12)16(22-9-23-17)21-6-5-10-1-3-11(4-2-10)26-18-24-15(20)13(7-25)28-18/h1-4,7-9H,5-6H2,(H,21,22,23). The van der Waals surface area contributed by atoms with Crippen LogP contribution in [-0.4, -0.2) is 27.8 Å². The fourth-order valence-electron chi connectivity index (χ4n) is 2.54. The number of halogens is 2.